The summed E-state index contributed by atoms with van der Waals surface area (Å²) in [6.45, 7) is 0.456. The van der Waals surface area contributed by atoms with E-state index in [1.54, 1.807) is 0 Å². The van der Waals surface area contributed by atoms with Gasteiger partial charge >= 0.3 is 11.7 Å². The summed E-state index contributed by atoms with van der Waals surface area (Å²) in [6.07, 6.45) is -0.179. The molecule has 0 bridgehead atoms. The molecule has 0 amide bonds. The van der Waals surface area contributed by atoms with Gasteiger partial charge in [-0.15, -0.1) is 0 Å². The first-order valence-corrected chi connectivity index (χ1v) is 5.57. The molecule has 86 valence electrons. The molecule has 1 aromatic heterocycles. The normalized spacial score (nSPS) is 17.5. The standard InChI is InChI=1S/C11H9N3O2S/c15-10-12-9(17)13-11-14(10)6-8(16-11)7-4-2-1-3-5-7/h1-5,8H,6H2,(H,12,15,17). The van der Waals surface area contributed by atoms with Crippen LogP contribution in [0.1, 0.15) is 11.7 Å². The van der Waals surface area contributed by atoms with E-state index in [9.17, 15) is 4.79 Å². The quantitative estimate of drug-likeness (QED) is 0.774. The monoisotopic (exact) mass is 247 g/mol. The summed E-state index contributed by atoms with van der Waals surface area (Å²) in [5.41, 5.74) is 0.738. The van der Waals surface area contributed by atoms with Crippen molar-refractivity contribution in [2.24, 2.45) is 0 Å². The lowest BCUT2D eigenvalue weighted by Gasteiger charge is -2.07. The van der Waals surface area contributed by atoms with Crippen molar-refractivity contribution < 1.29 is 4.74 Å². The molecule has 3 rings (SSSR count). The third-order valence-corrected chi connectivity index (χ3v) is 2.85. The average Bonchev–Trinajstić information content (AvgIpc) is 2.74. The van der Waals surface area contributed by atoms with Crippen LogP contribution in [-0.2, 0) is 6.54 Å². The first-order valence-electron chi connectivity index (χ1n) is 5.17. The molecule has 5 nitrogen and oxygen atoms in total. The predicted octanol–water partition coefficient (Wildman–Crippen LogP) is 1.43. The number of aromatic amines is 1. The van der Waals surface area contributed by atoms with Crippen molar-refractivity contribution in [1.82, 2.24) is 14.5 Å². The molecule has 0 radical (unpaired) electrons. The Morgan fingerprint density at radius 1 is 1.41 bits per heavy atom. The number of hydrogen-bond acceptors (Lipinski definition) is 4. The first kappa shape index (κ1) is 10.2. The lowest BCUT2D eigenvalue weighted by molar-refractivity contribution is 0.230. The summed E-state index contributed by atoms with van der Waals surface area (Å²) >= 11 is 4.84. The Labute approximate surface area is 102 Å². The zero-order chi connectivity index (χ0) is 11.8. The third kappa shape index (κ3) is 1.76. The molecular weight excluding hydrogens is 238 g/mol. The Morgan fingerprint density at radius 2 is 2.18 bits per heavy atom. The zero-order valence-electron chi connectivity index (χ0n) is 8.79. The molecular formula is C11H9N3O2S. The van der Waals surface area contributed by atoms with Crippen LogP contribution in [-0.4, -0.2) is 14.5 Å². The number of H-pyrrole nitrogens is 1. The number of aromatic nitrogens is 3. The summed E-state index contributed by atoms with van der Waals surface area (Å²) in [5.74, 6) is 0. The molecule has 1 atom stereocenters. The van der Waals surface area contributed by atoms with E-state index in [0.717, 1.165) is 5.56 Å². The summed E-state index contributed by atoms with van der Waals surface area (Å²) in [5, 5.41) is 0. The highest BCUT2D eigenvalue weighted by Gasteiger charge is 2.26. The van der Waals surface area contributed by atoms with Gasteiger partial charge in [0.15, 0.2) is 0 Å². The summed E-state index contributed by atoms with van der Waals surface area (Å²) in [6, 6.07) is 10.0. The van der Waals surface area contributed by atoms with Gasteiger partial charge in [0.05, 0.1) is 6.54 Å². The molecule has 1 aliphatic heterocycles. The molecule has 1 N–H and O–H groups in total. The molecule has 0 saturated carbocycles. The lowest BCUT2D eigenvalue weighted by atomic mass is 10.1. The van der Waals surface area contributed by atoms with Crippen molar-refractivity contribution in [3.8, 4) is 6.01 Å². The molecule has 17 heavy (non-hydrogen) atoms. The van der Waals surface area contributed by atoms with E-state index in [1.165, 1.54) is 4.57 Å². The second-order valence-electron chi connectivity index (χ2n) is 3.76. The molecule has 1 unspecified atom stereocenters. The minimum absolute atomic E-state index is 0.148. The second-order valence-corrected chi connectivity index (χ2v) is 4.14. The highest BCUT2D eigenvalue weighted by atomic mass is 32.1. The Hall–Kier alpha value is -1.95. The van der Waals surface area contributed by atoms with E-state index in [1.807, 2.05) is 30.3 Å². The summed E-state index contributed by atoms with van der Waals surface area (Å²) in [7, 11) is 0. The van der Waals surface area contributed by atoms with Crippen LogP contribution in [0.25, 0.3) is 0 Å². The topological polar surface area (TPSA) is 59.9 Å². The maximum absolute atomic E-state index is 11.6. The van der Waals surface area contributed by atoms with E-state index in [-0.39, 0.29) is 22.6 Å². The molecule has 6 heteroatoms. The van der Waals surface area contributed by atoms with Crippen LogP contribution >= 0.6 is 12.2 Å². The fraction of sp³-hybridized carbons (Fsp3) is 0.182. The fourth-order valence-corrected chi connectivity index (χ4v) is 2.01. The number of hydrogen-bond donors (Lipinski definition) is 1. The van der Waals surface area contributed by atoms with Crippen molar-refractivity contribution >= 4 is 12.2 Å². The Kier molecular flexibility index (Phi) is 2.29. The van der Waals surface area contributed by atoms with Crippen LogP contribution in [0.3, 0.4) is 0 Å². The number of nitrogens with zero attached hydrogens (tertiary/aromatic N) is 2. The Bertz CT molecular complexity index is 662. The van der Waals surface area contributed by atoms with Gasteiger partial charge in [0.25, 0.3) is 0 Å². The van der Waals surface area contributed by atoms with E-state index < -0.39 is 0 Å². The molecule has 0 aliphatic carbocycles. The number of nitrogens with one attached hydrogen (secondary N) is 1. The number of rotatable bonds is 1. The molecule has 0 fully saturated rings. The molecule has 2 heterocycles. The highest BCUT2D eigenvalue weighted by Crippen LogP contribution is 2.27. The number of ether oxygens (including phenoxy) is 1. The zero-order valence-corrected chi connectivity index (χ0v) is 9.61. The molecule has 1 aliphatic rings. The number of fused-ring (bicyclic) bond motifs is 1. The maximum atomic E-state index is 11.6. The van der Waals surface area contributed by atoms with Gasteiger partial charge in [-0.2, -0.15) is 4.98 Å². The first-order chi connectivity index (χ1) is 8.24. The van der Waals surface area contributed by atoms with Crippen molar-refractivity contribution in [3.63, 3.8) is 0 Å². The molecule has 0 spiro atoms. The minimum atomic E-state index is -0.279. The fourth-order valence-electron chi connectivity index (χ4n) is 1.84. The highest BCUT2D eigenvalue weighted by molar-refractivity contribution is 7.71. The van der Waals surface area contributed by atoms with Gasteiger partial charge in [-0.05, 0) is 17.8 Å². The second kappa shape index (κ2) is 3.81. The Morgan fingerprint density at radius 3 is 2.94 bits per heavy atom. The number of benzene rings is 1. The van der Waals surface area contributed by atoms with Gasteiger partial charge in [-0.3, -0.25) is 4.98 Å². The van der Waals surface area contributed by atoms with Crippen molar-refractivity contribution in [1.29, 1.82) is 0 Å². The van der Waals surface area contributed by atoms with Gasteiger partial charge in [0, 0.05) is 0 Å². The van der Waals surface area contributed by atoms with Crippen molar-refractivity contribution in [2.75, 3.05) is 0 Å². The van der Waals surface area contributed by atoms with Crippen LogP contribution in [0.2, 0.25) is 0 Å². The van der Waals surface area contributed by atoms with E-state index in [4.69, 9.17) is 17.0 Å². The summed E-state index contributed by atoms with van der Waals surface area (Å²) < 4.78 is 7.22. The van der Waals surface area contributed by atoms with Crippen LogP contribution in [0.15, 0.2) is 35.1 Å². The van der Waals surface area contributed by atoms with Gasteiger partial charge in [-0.25, -0.2) is 9.36 Å². The van der Waals surface area contributed by atoms with E-state index >= 15 is 0 Å². The average molecular weight is 247 g/mol. The lowest BCUT2D eigenvalue weighted by Crippen LogP contribution is -2.21. The predicted molar refractivity (Wildman–Crippen MR) is 63.5 cm³/mol. The Balaban J connectivity index is 2.02. The minimum Gasteiger partial charge on any atom is -0.454 e. The molecule has 1 aromatic carbocycles. The smallest absolute Gasteiger partial charge is 0.331 e. The van der Waals surface area contributed by atoms with Crippen LogP contribution in [0.4, 0.5) is 0 Å². The van der Waals surface area contributed by atoms with Crippen molar-refractivity contribution in [3.05, 3.63) is 51.2 Å². The van der Waals surface area contributed by atoms with Crippen LogP contribution in [0.5, 0.6) is 6.01 Å². The van der Waals surface area contributed by atoms with Crippen LogP contribution in [0, 0.1) is 4.77 Å². The maximum Gasteiger partial charge on any atom is 0.331 e. The van der Waals surface area contributed by atoms with Gasteiger partial charge in [-0.1, -0.05) is 30.3 Å². The largest absolute Gasteiger partial charge is 0.454 e. The van der Waals surface area contributed by atoms with E-state index in [2.05, 4.69) is 9.97 Å². The molecule has 0 saturated heterocycles. The van der Waals surface area contributed by atoms with Gasteiger partial charge in [0.1, 0.15) is 6.10 Å². The summed E-state index contributed by atoms with van der Waals surface area (Å²) in [4.78, 5) is 18.1. The van der Waals surface area contributed by atoms with Crippen LogP contribution < -0.4 is 10.4 Å². The SMILES string of the molecule is O=c1[nH]c(=S)nc2n1CC(c1ccccc1)O2. The third-order valence-electron chi connectivity index (χ3n) is 2.65. The van der Waals surface area contributed by atoms with Gasteiger partial charge in [0.2, 0.25) is 4.77 Å². The van der Waals surface area contributed by atoms with E-state index in [0.29, 0.717) is 6.54 Å². The molecule has 2 aromatic rings. The van der Waals surface area contributed by atoms with Gasteiger partial charge < -0.3 is 4.74 Å². The van der Waals surface area contributed by atoms with Crippen molar-refractivity contribution in [2.45, 2.75) is 12.6 Å².